The first-order chi connectivity index (χ1) is 19.6. The van der Waals surface area contributed by atoms with Crippen LogP contribution >= 0.6 is 0 Å². The fourth-order valence-corrected chi connectivity index (χ4v) is 5.30. The Labute approximate surface area is 237 Å². The number of anilines is 2. The molecule has 0 bridgehead atoms. The van der Waals surface area contributed by atoms with Crippen LogP contribution in [0, 0.1) is 13.8 Å². The molecule has 2 aromatic carbocycles. The largest absolute Gasteiger partial charge is 0.396 e. The molecule has 3 N–H and O–H groups in total. The molecule has 1 fully saturated rings. The highest BCUT2D eigenvalue weighted by Crippen LogP contribution is 2.24. The average molecular weight is 543 g/mol. The summed E-state index contributed by atoms with van der Waals surface area (Å²) in [6, 6.07) is 19.2. The Balaban J connectivity index is 1.33. The monoisotopic (exact) mass is 542 g/mol. The lowest BCUT2D eigenvalue weighted by molar-refractivity contribution is 0.0378. The van der Waals surface area contributed by atoms with Gasteiger partial charge in [-0.1, -0.05) is 24.3 Å². The third-order valence-corrected chi connectivity index (χ3v) is 7.47. The van der Waals surface area contributed by atoms with Crippen molar-refractivity contribution < 1.29 is 9.84 Å². The van der Waals surface area contributed by atoms with Gasteiger partial charge in [-0.3, -0.25) is 9.88 Å². The number of imidazole rings is 1. The van der Waals surface area contributed by atoms with Crippen molar-refractivity contribution >= 4 is 22.7 Å². The third kappa shape index (κ3) is 7.38. The maximum atomic E-state index is 9.30. The molecule has 0 saturated carbocycles. The van der Waals surface area contributed by atoms with E-state index in [1.807, 2.05) is 13.0 Å². The van der Waals surface area contributed by atoms with Gasteiger partial charge in [0.05, 0.1) is 36.5 Å². The Morgan fingerprint density at radius 1 is 0.950 bits per heavy atom. The van der Waals surface area contributed by atoms with Crippen LogP contribution in [0.15, 0.2) is 54.6 Å². The zero-order chi connectivity index (χ0) is 27.7. The number of nitrogens with zero attached hydrogens (tertiary/aromatic N) is 4. The number of aliphatic hydroxyl groups excluding tert-OH is 1. The van der Waals surface area contributed by atoms with Gasteiger partial charge in [-0.2, -0.15) is 0 Å². The van der Waals surface area contributed by atoms with Gasteiger partial charge in [-0.05, 0) is 86.7 Å². The number of nitrogens with one attached hydrogen (secondary N) is 2. The molecule has 0 radical (unpaired) electrons. The predicted octanol–water partition coefficient (Wildman–Crippen LogP) is 4.77. The quantitative estimate of drug-likeness (QED) is 0.210. The number of hydrogen-bond donors (Lipinski definition) is 3. The number of ether oxygens (including phenoxy) is 1. The summed E-state index contributed by atoms with van der Waals surface area (Å²) in [6.45, 7) is 11.3. The van der Waals surface area contributed by atoms with E-state index in [1.54, 1.807) is 0 Å². The lowest BCUT2D eigenvalue weighted by Crippen LogP contribution is -2.37. The number of hydrogen-bond acceptors (Lipinski definition) is 7. The van der Waals surface area contributed by atoms with Crippen LogP contribution in [0.25, 0.3) is 11.0 Å². The molecule has 0 atom stereocenters. The van der Waals surface area contributed by atoms with Gasteiger partial charge in [-0.25, -0.2) is 4.98 Å². The number of pyridine rings is 1. The normalized spacial score (nSPS) is 14.1. The third-order valence-electron chi connectivity index (χ3n) is 7.47. The van der Waals surface area contributed by atoms with Crippen molar-refractivity contribution in [3.63, 3.8) is 0 Å². The lowest BCUT2D eigenvalue weighted by atomic mass is 10.0. The van der Waals surface area contributed by atoms with Gasteiger partial charge < -0.3 is 25.0 Å². The summed E-state index contributed by atoms with van der Waals surface area (Å²) in [5.74, 6) is 0.885. The first-order valence-corrected chi connectivity index (χ1v) is 14.5. The van der Waals surface area contributed by atoms with E-state index < -0.39 is 0 Å². The summed E-state index contributed by atoms with van der Waals surface area (Å²) in [4.78, 5) is 12.3. The van der Waals surface area contributed by atoms with Gasteiger partial charge in [0.2, 0.25) is 5.95 Å². The summed E-state index contributed by atoms with van der Waals surface area (Å²) in [6.07, 6.45) is 2.67. The average Bonchev–Trinajstić information content (AvgIpc) is 3.30. The Morgan fingerprint density at radius 2 is 1.82 bits per heavy atom. The Bertz CT molecular complexity index is 1400. The van der Waals surface area contributed by atoms with Crippen LogP contribution in [0.4, 0.5) is 11.6 Å². The van der Waals surface area contributed by atoms with Crippen molar-refractivity contribution in [2.45, 2.75) is 46.2 Å². The minimum Gasteiger partial charge on any atom is -0.396 e. The highest BCUT2D eigenvalue weighted by molar-refractivity contribution is 5.79. The second-order valence-corrected chi connectivity index (χ2v) is 10.7. The molecule has 8 heteroatoms. The maximum Gasteiger partial charge on any atom is 0.204 e. The van der Waals surface area contributed by atoms with Crippen molar-refractivity contribution in [3.05, 3.63) is 82.7 Å². The molecule has 40 heavy (non-hydrogen) atoms. The topological polar surface area (TPSA) is 87.5 Å². The van der Waals surface area contributed by atoms with Crippen LogP contribution in [0.2, 0.25) is 0 Å². The number of benzene rings is 2. The van der Waals surface area contributed by atoms with E-state index >= 15 is 0 Å². The molecule has 1 aliphatic heterocycles. The number of morpholine rings is 1. The lowest BCUT2D eigenvalue weighted by Gasteiger charge is -2.26. The molecule has 4 aromatic rings. The molecule has 0 unspecified atom stereocenters. The summed E-state index contributed by atoms with van der Waals surface area (Å²) < 4.78 is 7.72. The standard InChI is InChI=1S/C32H42N6O2/c1-24-9-11-27(7-4-17-39)29(20-24)34-22-26-10-12-31-30(21-26)36-32(33-13-5-14-37-15-18-40-19-16-37)38(31)23-28-8-3-6-25(2)35-28/h3,6,8-12,20-21,34,39H,4-5,7,13-19,22-23H2,1-2H3,(H,33,36). The minimum atomic E-state index is 0.203. The second-order valence-electron chi connectivity index (χ2n) is 10.7. The van der Waals surface area contributed by atoms with Crippen LogP contribution in [0.5, 0.6) is 0 Å². The fraction of sp³-hybridized carbons (Fsp3) is 0.438. The van der Waals surface area contributed by atoms with Gasteiger partial charge in [-0.15, -0.1) is 0 Å². The van der Waals surface area contributed by atoms with Crippen molar-refractivity contribution in [1.29, 1.82) is 0 Å². The SMILES string of the molecule is Cc1ccc(CCCO)c(NCc2ccc3c(c2)nc(NCCCN2CCOCC2)n3Cc2cccc(C)n2)c1. The van der Waals surface area contributed by atoms with Crippen molar-refractivity contribution in [2.75, 3.05) is 56.6 Å². The molecule has 1 aliphatic rings. The first-order valence-electron chi connectivity index (χ1n) is 14.5. The Kier molecular flexibility index (Phi) is 9.65. The van der Waals surface area contributed by atoms with Gasteiger partial charge in [0.1, 0.15) is 0 Å². The maximum absolute atomic E-state index is 9.30. The minimum absolute atomic E-state index is 0.203. The molecule has 3 heterocycles. The second kappa shape index (κ2) is 13.7. The van der Waals surface area contributed by atoms with E-state index in [1.165, 1.54) is 16.7 Å². The number of fused-ring (bicyclic) bond motifs is 1. The summed E-state index contributed by atoms with van der Waals surface area (Å²) in [7, 11) is 0. The van der Waals surface area contributed by atoms with Gasteiger partial charge >= 0.3 is 0 Å². The predicted molar refractivity (Wildman–Crippen MR) is 162 cm³/mol. The molecule has 0 spiro atoms. The molecule has 212 valence electrons. The van der Waals surface area contributed by atoms with Crippen LogP contribution in [0.3, 0.4) is 0 Å². The van der Waals surface area contributed by atoms with E-state index in [2.05, 4.69) is 75.6 Å². The van der Waals surface area contributed by atoms with Crippen molar-refractivity contribution in [1.82, 2.24) is 19.4 Å². The fourth-order valence-electron chi connectivity index (χ4n) is 5.30. The highest BCUT2D eigenvalue weighted by atomic mass is 16.5. The van der Waals surface area contributed by atoms with E-state index in [4.69, 9.17) is 14.7 Å². The van der Waals surface area contributed by atoms with E-state index in [0.29, 0.717) is 13.1 Å². The summed E-state index contributed by atoms with van der Waals surface area (Å²) >= 11 is 0. The Hall–Kier alpha value is -3.46. The zero-order valence-electron chi connectivity index (χ0n) is 23.8. The van der Waals surface area contributed by atoms with Crippen molar-refractivity contribution in [2.24, 2.45) is 0 Å². The highest BCUT2D eigenvalue weighted by Gasteiger charge is 2.14. The van der Waals surface area contributed by atoms with E-state index in [-0.39, 0.29) is 6.61 Å². The smallest absolute Gasteiger partial charge is 0.204 e. The molecule has 1 saturated heterocycles. The molecule has 5 rings (SSSR count). The van der Waals surface area contributed by atoms with Gasteiger partial charge in [0.15, 0.2) is 0 Å². The summed E-state index contributed by atoms with van der Waals surface area (Å²) in [5.41, 5.74) is 8.89. The molecular weight excluding hydrogens is 500 g/mol. The van der Waals surface area contributed by atoms with Crippen LogP contribution in [0.1, 0.15) is 40.9 Å². The van der Waals surface area contributed by atoms with Crippen LogP contribution < -0.4 is 10.6 Å². The summed E-state index contributed by atoms with van der Waals surface area (Å²) in [5, 5.41) is 16.5. The number of aromatic nitrogens is 3. The number of aliphatic hydroxyl groups is 1. The molecule has 0 amide bonds. The van der Waals surface area contributed by atoms with E-state index in [0.717, 1.165) is 92.7 Å². The number of aryl methyl sites for hydroxylation is 3. The molecule has 8 nitrogen and oxygen atoms in total. The van der Waals surface area contributed by atoms with Crippen LogP contribution in [-0.4, -0.2) is 70.5 Å². The molecule has 2 aromatic heterocycles. The molecule has 0 aliphatic carbocycles. The first kappa shape index (κ1) is 28.1. The Morgan fingerprint density at radius 3 is 2.65 bits per heavy atom. The zero-order valence-corrected chi connectivity index (χ0v) is 23.8. The number of rotatable bonds is 13. The van der Waals surface area contributed by atoms with Crippen molar-refractivity contribution in [3.8, 4) is 0 Å². The molecular formula is C32H42N6O2. The van der Waals surface area contributed by atoms with Crippen LogP contribution in [-0.2, 0) is 24.2 Å². The van der Waals surface area contributed by atoms with Gasteiger partial charge in [0.25, 0.3) is 0 Å². The van der Waals surface area contributed by atoms with E-state index in [9.17, 15) is 5.11 Å². The van der Waals surface area contributed by atoms with Gasteiger partial charge in [0, 0.05) is 44.2 Å².